The van der Waals surface area contributed by atoms with Crippen LogP contribution in [-0.2, 0) is 13.2 Å². The van der Waals surface area contributed by atoms with Gasteiger partial charge in [0, 0.05) is 12.6 Å². The van der Waals surface area contributed by atoms with E-state index in [0.717, 1.165) is 24.5 Å². The van der Waals surface area contributed by atoms with Crippen LogP contribution in [-0.4, -0.2) is 11.5 Å². The van der Waals surface area contributed by atoms with Gasteiger partial charge in [-0.05, 0) is 37.2 Å². The fraction of sp³-hybridized carbons (Fsp3) is 0.312. The van der Waals surface area contributed by atoms with E-state index in [4.69, 9.17) is 4.74 Å². The predicted molar refractivity (Wildman–Crippen MR) is 77.1 cm³/mol. The highest BCUT2D eigenvalue weighted by Gasteiger charge is 2.02. The summed E-state index contributed by atoms with van der Waals surface area (Å²) in [5.74, 6) is 0.267. The Morgan fingerprint density at radius 1 is 1.20 bits per heavy atom. The van der Waals surface area contributed by atoms with Crippen LogP contribution in [0, 0.1) is 12.7 Å². The van der Waals surface area contributed by atoms with Gasteiger partial charge in [0.2, 0.25) is 0 Å². The second-order valence-corrected chi connectivity index (χ2v) is 4.60. The summed E-state index contributed by atoms with van der Waals surface area (Å²) in [6.07, 6.45) is 0. The zero-order valence-corrected chi connectivity index (χ0v) is 11.8. The Kier molecular flexibility index (Phi) is 5.07. The highest BCUT2D eigenvalue weighted by atomic mass is 19.1. The standard InChI is InChI=1S/C16H19FN2O/c1-3-18-10-13-5-4-6-14(19-13)11-20-15-8-7-12(2)16(17)9-15/h4-9,18H,3,10-11H2,1-2H3. The van der Waals surface area contributed by atoms with Gasteiger partial charge in [0.05, 0.1) is 11.4 Å². The Balaban J connectivity index is 1.97. The third kappa shape index (κ3) is 4.03. The fourth-order valence-corrected chi connectivity index (χ4v) is 1.78. The van der Waals surface area contributed by atoms with E-state index in [-0.39, 0.29) is 5.82 Å². The summed E-state index contributed by atoms with van der Waals surface area (Å²) >= 11 is 0. The Morgan fingerprint density at radius 2 is 2.00 bits per heavy atom. The van der Waals surface area contributed by atoms with Gasteiger partial charge >= 0.3 is 0 Å². The lowest BCUT2D eigenvalue weighted by atomic mass is 10.2. The van der Waals surface area contributed by atoms with Crippen molar-refractivity contribution in [2.24, 2.45) is 0 Å². The number of hydrogen-bond acceptors (Lipinski definition) is 3. The SMILES string of the molecule is CCNCc1cccc(COc2ccc(C)c(F)c2)n1. The van der Waals surface area contributed by atoms with Crippen molar-refractivity contribution in [3.63, 3.8) is 0 Å². The summed E-state index contributed by atoms with van der Waals surface area (Å²) in [4.78, 5) is 4.48. The lowest BCUT2D eigenvalue weighted by molar-refractivity contribution is 0.299. The normalized spacial score (nSPS) is 10.6. The molecule has 0 fully saturated rings. The minimum Gasteiger partial charge on any atom is -0.487 e. The van der Waals surface area contributed by atoms with Crippen LogP contribution in [0.25, 0.3) is 0 Å². The first-order valence-electron chi connectivity index (χ1n) is 6.73. The average Bonchev–Trinajstić information content (AvgIpc) is 2.47. The molecule has 0 saturated heterocycles. The van der Waals surface area contributed by atoms with Crippen LogP contribution in [0.15, 0.2) is 36.4 Å². The van der Waals surface area contributed by atoms with Crippen molar-refractivity contribution in [2.75, 3.05) is 6.54 Å². The molecule has 1 aromatic carbocycles. The van der Waals surface area contributed by atoms with Gasteiger partial charge in [-0.1, -0.05) is 19.1 Å². The Bertz CT molecular complexity index is 572. The molecule has 2 rings (SSSR count). The van der Waals surface area contributed by atoms with Gasteiger partial charge in [0.1, 0.15) is 18.2 Å². The Labute approximate surface area is 118 Å². The molecule has 0 atom stereocenters. The van der Waals surface area contributed by atoms with E-state index in [2.05, 4.69) is 17.2 Å². The third-order valence-electron chi connectivity index (χ3n) is 2.95. The second-order valence-electron chi connectivity index (χ2n) is 4.60. The van der Waals surface area contributed by atoms with Gasteiger partial charge in [0.25, 0.3) is 0 Å². The van der Waals surface area contributed by atoms with Crippen LogP contribution in [0.1, 0.15) is 23.9 Å². The van der Waals surface area contributed by atoms with Crippen molar-refractivity contribution in [1.82, 2.24) is 10.3 Å². The van der Waals surface area contributed by atoms with E-state index >= 15 is 0 Å². The van der Waals surface area contributed by atoms with Crippen LogP contribution in [0.2, 0.25) is 0 Å². The molecular formula is C16H19FN2O. The molecule has 1 aromatic heterocycles. The van der Waals surface area contributed by atoms with Gasteiger partial charge in [-0.3, -0.25) is 4.98 Å². The molecule has 0 aliphatic rings. The maximum Gasteiger partial charge on any atom is 0.130 e. The molecule has 4 heteroatoms. The molecule has 0 amide bonds. The molecule has 3 nitrogen and oxygen atoms in total. The van der Waals surface area contributed by atoms with Crippen molar-refractivity contribution in [3.8, 4) is 5.75 Å². The highest BCUT2D eigenvalue weighted by Crippen LogP contribution is 2.17. The van der Waals surface area contributed by atoms with Gasteiger partial charge in [-0.15, -0.1) is 0 Å². The summed E-state index contributed by atoms with van der Waals surface area (Å²) in [5, 5.41) is 3.23. The number of pyridine rings is 1. The molecule has 0 spiro atoms. The summed E-state index contributed by atoms with van der Waals surface area (Å²) in [5.41, 5.74) is 2.42. The predicted octanol–water partition coefficient (Wildman–Crippen LogP) is 3.22. The van der Waals surface area contributed by atoms with E-state index < -0.39 is 0 Å². The van der Waals surface area contributed by atoms with Crippen molar-refractivity contribution in [1.29, 1.82) is 0 Å². The number of ether oxygens (including phenoxy) is 1. The van der Waals surface area contributed by atoms with Crippen molar-refractivity contribution < 1.29 is 9.13 Å². The van der Waals surface area contributed by atoms with Gasteiger partial charge in [-0.2, -0.15) is 0 Å². The summed E-state index contributed by atoms with van der Waals surface area (Å²) < 4.78 is 19.0. The summed E-state index contributed by atoms with van der Waals surface area (Å²) in [6.45, 7) is 5.76. The quantitative estimate of drug-likeness (QED) is 0.878. The van der Waals surface area contributed by atoms with E-state index in [0.29, 0.717) is 17.9 Å². The van der Waals surface area contributed by atoms with Gasteiger partial charge in [0.15, 0.2) is 0 Å². The van der Waals surface area contributed by atoms with Crippen molar-refractivity contribution in [2.45, 2.75) is 27.0 Å². The monoisotopic (exact) mass is 274 g/mol. The molecule has 0 bridgehead atoms. The molecule has 0 saturated carbocycles. The largest absolute Gasteiger partial charge is 0.487 e. The zero-order chi connectivity index (χ0) is 14.4. The molecule has 20 heavy (non-hydrogen) atoms. The van der Waals surface area contributed by atoms with E-state index in [1.165, 1.54) is 6.07 Å². The molecule has 2 aromatic rings. The molecule has 0 aliphatic heterocycles. The second kappa shape index (κ2) is 7.01. The van der Waals surface area contributed by atoms with Crippen LogP contribution < -0.4 is 10.1 Å². The van der Waals surface area contributed by atoms with Crippen LogP contribution >= 0.6 is 0 Å². The number of aromatic nitrogens is 1. The van der Waals surface area contributed by atoms with E-state index in [1.807, 2.05) is 18.2 Å². The van der Waals surface area contributed by atoms with Crippen LogP contribution in [0.3, 0.4) is 0 Å². The third-order valence-corrected chi connectivity index (χ3v) is 2.95. The van der Waals surface area contributed by atoms with E-state index in [1.54, 1.807) is 19.1 Å². The summed E-state index contributed by atoms with van der Waals surface area (Å²) in [7, 11) is 0. The fourth-order valence-electron chi connectivity index (χ4n) is 1.78. The molecular weight excluding hydrogens is 255 g/mol. The maximum atomic E-state index is 13.4. The first-order chi connectivity index (χ1) is 9.69. The number of benzene rings is 1. The molecule has 1 heterocycles. The van der Waals surface area contributed by atoms with Crippen LogP contribution in [0.4, 0.5) is 4.39 Å². The number of nitrogens with zero attached hydrogens (tertiary/aromatic N) is 1. The van der Waals surface area contributed by atoms with E-state index in [9.17, 15) is 4.39 Å². The highest BCUT2D eigenvalue weighted by molar-refractivity contribution is 5.28. The zero-order valence-electron chi connectivity index (χ0n) is 11.8. The maximum absolute atomic E-state index is 13.4. The smallest absolute Gasteiger partial charge is 0.130 e. The Hall–Kier alpha value is -1.94. The van der Waals surface area contributed by atoms with Gasteiger partial charge < -0.3 is 10.1 Å². The number of aryl methyl sites for hydroxylation is 1. The lowest BCUT2D eigenvalue weighted by Gasteiger charge is -2.08. The minimum atomic E-state index is -0.253. The first kappa shape index (κ1) is 14.5. The Morgan fingerprint density at radius 3 is 2.75 bits per heavy atom. The number of rotatable bonds is 6. The number of nitrogens with one attached hydrogen (secondary N) is 1. The molecule has 106 valence electrons. The van der Waals surface area contributed by atoms with Gasteiger partial charge in [-0.25, -0.2) is 4.39 Å². The molecule has 1 N–H and O–H groups in total. The van der Waals surface area contributed by atoms with Crippen LogP contribution in [0.5, 0.6) is 5.75 Å². The minimum absolute atomic E-state index is 0.253. The first-order valence-corrected chi connectivity index (χ1v) is 6.73. The van der Waals surface area contributed by atoms with Crippen molar-refractivity contribution in [3.05, 3.63) is 59.2 Å². The number of hydrogen-bond donors (Lipinski definition) is 1. The van der Waals surface area contributed by atoms with Crippen molar-refractivity contribution >= 4 is 0 Å². The molecule has 0 aliphatic carbocycles. The lowest BCUT2D eigenvalue weighted by Crippen LogP contribution is -2.13. The topological polar surface area (TPSA) is 34.1 Å². The average molecular weight is 274 g/mol. The summed E-state index contributed by atoms with van der Waals surface area (Å²) in [6, 6.07) is 10.7. The number of halogens is 1. The molecule has 0 radical (unpaired) electrons. The molecule has 0 unspecified atom stereocenters.